The number of hydrogen-bond acceptors (Lipinski definition) is 4. The topological polar surface area (TPSA) is 47.3 Å². The summed E-state index contributed by atoms with van der Waals surface area (Å²) in [5.41, 5.74) is 0.817. The van der Waals surface area contributed by atoms with Gasteiger partial charge in [0.1, 0.15) is 5.76 Å². The van der Waals surface area contributed by atoms with E-state index in [9.17, 15) is 0 Å². The Hall–Kier alpha value is -1.68. The molecule has 2 aromatic heterocycles. The second kappa shape index (κ2) is 4.90. The monoisotopic (exact) mass is 238 g/mol. The number of halogens is 1. The lowest BCUT2D eigenvalue weighted by Crippen LogP contribution is -2.01. The summed E-state index contributed by atoms with van der Waals surface area (Å²) in [6.07, 6.45) is 1.67. The van der Waals surface area contributed by atoms with Crippen LogP contribution in [0.5, 0.6) is 5.88 Å². The van der Waals surface area contributed by atoms with Gasteiger partial charge in [0.15, 0.2) is 5.22 Å². The van der Waals surface area contributed by atoms with Crippen LogP contribution in [0, 0.1) is 0 Å². The maximum Gasteiger partial charge on any atom is 0.237 e. The molecule has 0 saturated carbocycles. The van der Waals surface area contributed by atoms with Gasteiger partial charge in [-0.05, 0) is 35.9 Å². The third-order valence-corrected chi connectivity index (χ3v) is 2.25. The average Bonchev–Trinajstić information content (AvgIpc) is 2.73. The lowest BCUT2D eigenvalue weighted by Gasteiger charge is -2.07. The molecule has 0 unspecified atom stereocenters. The molecule has 0 atom stereocenters. The highest BCUT2D eigenvalue weighted by Crippen LogP contribution is 2.21. The summed E-state index contributed by atoms with van der Waals surface area (Å²) in [6.45, 7) is 0.536. The lowest BCUT2D eigenvalue weighted by atomic mass is 10.3. The van der Waals surface area contributed by atoms with Crippen molar-refractivity contribution in [1.29, 1.82) is 0 Å². The normalized spacial score (nSPS) is 10.1. The van der Waals surface area contributed by atoms with E-state index < -0.39 is 0 Å². The standard InChI is InChI=1S/C11H11ClN2O2/c1-15-11-9(3-2-6-13-11)14-7-8-4-5-10(12)16-8/h2-6,14H,7H2,1H3. The minimum absolute atomic E-state index is 0.384. The molecule has 0 amide bonds. The molecule has 2 rings (SSSR count). The Balaban J connectivity index is 2.04. The van der Waals surface area contributed by atoms with E-state index in [0.717, 1.165) is 11.4 Å². The van der Waals surface area contributed by atoms with Crippen LogP contribution in [0.2, 0.25) is 5.22 Å². The van der Waals surface area contributed by atoms with Gasteiger partial charge in [-0.1, -0.05) is 0 Å². The van der Waals surface area contributed by atoms with Crippen LogP contribution in [0.4, 0.5) is 5.69 Å². The third kappa shape index (κ3) is 2.46. The third-order valence-electron chi connectivity index (χ3n) is 2.05. The Morgan fingerprint density at radius 1 is 1.44 bits per heavy atom. The number of nitrogens with one attached hydrogen (secondary N) is 1. The Morgan fingerprint density at radius 3 is 3.00 bits per heavy atom. The van der Waals surface area contributed by atoms with Crippen molar-refractivity contribution < 1.29 is 9.15 Å². The zero-order chi connectivity index (χ0) is 11.4. The molecule has 0 bridgehead atoms. The second-order valence-corrected chi connectivity index (χ2v) is 3.49. The fourth-order valence-electron chi connectivity index (χ4n) is 1.32. The minimum atomic E-state index is 0.384. The highest BCUT2D eigenvalue weighted by atomic mass is 35.5. The summed E-state index contributed by atoms with van der Waals surface area (Å²) in [5.74, 6) is 1.32. The molecule has 2 heterocycles. The van der Waals surface area contributed by atoms with Crippen molar-refractivity contribution in [2.75, 3.05) is 12.4 Å². The van der Waals surface area contributed by atoms with Crippen molar-refractivity contribution >= 4 is 17.3 Å². The number of methoxy groups -OCH3 is 1. The molecule has 16 heavy (non-hydrogen) atoms. The van der Waals surface area contributed by atoms with Gasteiger partial charge in [-0.25, -0.2) is 4.98 Å². The van der Waals surface area contributed by atoms with Gasteiger partial charge >= 0.3 is 0 Å². The number of anilines is 1. The molecule has 0 radical (unpaired) electrons. The molecule has 0 aliphatic rings. The molecule has 0 saturated heterocycles. The van der Waals surface area contributed by atoms with Crippen LogP contribution in [-0.2, 0) is 6.54 Å². The van der Waals surface area contributed by atoms with Crippen molar-refractivity contribution in [3.05, 3.63) is 41.4 Å². The van der Waals surface area contributed by atoms with Gasteiger partial charge in [0, 0.05) is 6.20 Å². The number of hydrogen-bond donors (Lipinski definition) is 1. The Bertz CT molecular complexity index is 471. The number of furan rings is 1. The Morgan fingerprint density at radius 2 is 2.31 bits per heavy atom. The van der Waals surface area contributed by atoms with Crippen LogP contribution in [0.3, 0.4) is 0 Å². The van der Waals surface area contributed by atoms with Gasteiger partial charge in [-0.3, -0.25) is 0 Å². The van der Waals surface area contributed by atoms with E-state index in [2.05, 4.69) is 10.3 Å². The zero-order valence-corrected chi connectivity index (χ0v) is 9.49. The van der Waals surface area contributed by atoms with Gasteiger partial charge in [0.25, 0.3) is 0 Å². The predicted octanol–water partition coefficient (Wildman–Crippen LogP) is 2.95. The smallest absolute Gasteiger partial charge is 0.237 e. The molecule has 0 aliphatic heterocycles. The summed E-state index contributed by atoms with van der Waals surface area (Å²) in [4.78, 5) is 4.07. The molecule has 84 valence electrons. The minimum Gasteiger partial charge on any atom is -0.480 e. The van der Waals surface area contributed by atoms with Gasteiger partial charge in [0.2, 0.25) is 5.88 Å². The van der Waals surface area contributed by atoms with E-state index in [1.54, 1.807) is 19.4 Å². The van der Waals surface area contributed by atoms with E-state index in [1.807, 2.05) is 18.2 Å². The average molecular weight is 239 g/mol. The number of ether oxygens (including phenoxy) is 1. The SMILES string of the molecule is COc1ncccc1NCc1ccc(Cl)o1. The van der Waals surface area contributed by atoms with Crippen molar-refractivity contribution in [3.63, 3.8) is 0 Å². The van der Waals surface area contributed by atoms with Crippen molar-refractivity contribution in [3.8, 4) is 5.88 Å². The van der Waals surface area contributed by atoms with Crippen LogP contribution in [0.15, 0.2) is 34.9 Å². The van der Waals surface area contributed by atoms with E-state index in [4.69, 9.17) is 20.8 Å². The van der Waals surface area contributed by atoms with Crippen LogP contribution in [0.25, 0.3) is 0 Å². The first-order chi connectivity index (χ1) is 7.79. The maximum atomic E-state index is 5.67. The van der Waals surface area contributed by atoms with Gasteiger partial charge in [-0.15, -0.1) is 0 Å². The molecule has 0 aliphatic carbocycles. The van der Waals surface area contributed by atoms with Crippen LogP contribution in [0.1, 0.15) is 5.76 Å². The fourth-order valence-corrected chi connectivity index (χ4v) is 1.48. The highest BCUT2D eigenvalue weighted by Gasteiger charge is 2.04. The van der Waals surface area contributed by atoms with E-state index in [1.165, 1.54) is 0 Å². The van der Waals surface area contributed by atoms with Crippen molar-refractivity contribution in [2.45, 2.75) is 6.54 Å². The molecule has 1 N–H and O–H groups in total. The molecule has 0 spiro atoms. The number of pyridine rings is 1. The first kappa shape index (κ1) is 10.8. The summed E-state index contributed by atoms with van der Waals surface area (Å²) in [7, 11) is 1.58. The van der Waals surface area contributed by atoms with Gasteiger partial charge in [0.05, 0.1) is 19.3 Å². The van der Waals surface area contributed by atoms with Crippen LogP contribution >= 0.6 is 11.6 Å². The molecular formula is C11H11ClN2O2. The lowest BCUT2D eigenvalue weighted by molar-refractivity contribution is 0.399. The predicted molar refractivity (Wildman–Crippen MR) is 61.8 cm³/mol. The van der Waals surface area contributed by atoms with Crippen LogP contribution in [-0.4, -0.2) is 12.1 Å². The Kier molecular flexibility index (Phi) is 3.31. The van der Waals surface area contributed by atoms with Crippen molar-refractivity contribution in [2.24, 2.45) is 0 Å². The van der Waals surface area contributed by atoms with Gasteiger partial charge in [-0.2, -0.15) is 0 Å². The largest absolute Gasteiger partial charge is 0.480 e. The first-order valence-corrected chi connectivity index (χ1v) is 5.14. The fraction of sp³-hybridized carbons (Fsp3) is 0.182. The summed E-state index contributed by atoms with van der Waals surface area (Å²) in [6, 6.07) is 7.24. The molecule has 5 heteroatoms. The van der Waals surface area contributed by atoms with E-state index >= 15 is 0 Å². The molecule has 0 fully saturated rings. The summed E-state index contributed by atoms with van der Waals surface area (Å²) >= 11 is 5.67. The molecule has 2 aromatic rings. The zero-order valence-electron chi connectivity index (χ0n) is 8.74. The first-order valence-electron chi connectivity index (χ1n) is 4.76. The maximum absolute atomic E-state index is 5.67. The summed E-state index contributed by atoms with van der Waals surface area (Å²) < 4.78 is 10.3. The number of rotatable bonds is 4. The molecular weight excluding hydrogens is 228 g/mol. The Labute approximate surface area is 98.2 Å². The van der Waals surface area contributed by atoms with Gasteiger partial charge < -0.3 is 14.5 Å². The molecule has 4 nitrogen and oxygen atoms in total. The highest BCUT2D eigenvalue weighted by molar-refractivity contribution is 6.28. The summed E-state index contributed by atoms with van der Waals surface area (Å²) in [5, 5.41) is 3.54. The van der Waals surface area contributed by atoms with E-state index in [0.29, 0.717) is 17.6 Å². The second-order valence-electron chi connectivity index (χ2n) is 3.12. The van der Waals surface area contributed by atoms with Crippen LogP contribution < -0.4 is 10.1 Å². The molecule has 0 aromatic carbocycles. The quantitative estimate of drug-likeness (QED) is 0.890. The number of nitrogens with zero attached hydrogens (tertiary/aromatic N) is 1. The van der Waals surface area contributed by atoms with Crippen molar-refractivity contribution in [1.82, 2.24) is 4.98 Å². The number of aromatic nitrogens is 1. The van der Waals surface area contributed by atoms with E-state index in [-0.39, 0.29) is 0 Å².